The van der Waals surface area contributed by atoms with E-state index >= 15 is 0 Å². The molecule has 3 amide bonds. The van der Waals surface area contributed by atoms with E-state index in [2.05, 4.69) is 26.2 Å². The molecule has 6 nitrogen and oxygen atoms in total. The second kappa shape index (κ2) is 7.74. The Bertz CT molecular complexity index is 812. The van der Waals surface area contributed by atoms with Crippen LogP contribution in [0.5, 0.6) is 0 Å². The van der Waals surface area contributed by atoms with E-state index in [-0.39, 0.29) is 18.5 Å². The fourth-order valence-electron chi connectivity index (χ4n) is 3.56. The number of imide groups is 1. The number of aromatic nitrogens is 1. The topological polar surface area (TPSA) is 66.4 Å². The van der Waals surface area contributed by atoms with Crippen molar-refractivity contribution in [2.24, 2.45) is 7.05 Å². The Morgan fingerprint density at radius 3 is 2.73 bits per heavy atom. The van der Waals surface area contributed by atoms with E-state index in [1.54, 1.807) is 0 Å². The number of nitrogens with zero attached hydrogens (tertiary/aromatic N) is 2. The molecule has 1 fully saturated rings. The van der Waals surface area contributed by atoms with Crippen LogP contribution in [0.15, 0.2) is 36.5 Å². The molecule has 1 aliphatic heterocycles. The van der Waals surface area contributed by atoms with Crippen LogP contribution in [0.25, 0.3) is 0 Å². The summed E-state index contributed by atoms with van der Waals surface area (Å²) < 4.78 is 2.09. The number of amides is 3. The Balaban J connectivity index is 1.57. The second-order valence-corrected chi connectivity index (χ2v) is 6.92. The first-order valence-corrected chi connectivity index (χ1v) is 8.98. The van der Waals surface area contributed by atoms with Crippen molar-refractivity contribution >= 4 is 17.6 Å². The van der Waals surface area contributed by atoms with Gasteiger partial charge in [0.15, 0.2) is 0 Å². The van der Waals surface area contributed by atoms with Crippen molar-refractivity contribution in [3.8, 4) is 0 Å². The third kappa shape index (κ3) is 3.96. The van der Waals surface area contributed by atoms with E-state index in [1.807, 2.05) is 51.4 Å². The number of rotatable bonds is 4. The molecule has 1 aromatic carbocycles. The lowest BCUT2D eigenvalue weighted by Gasteiger charge is -2.24. The summed E-state index contributed by atoms with van der Waals surface area (Å²) in [7, 11) is 2.02. The first kappa shape index (κ1) is 18.2. The lowest BCUT2D eigenvalue weighted by molar-refractivity contribution is -0.121. The van der Waals surface area contributed by atoms with Crippen molar-refractivity contribution in [1.29, 1.82) is 0 Å². The van der Waals surface area contributed by atoms with Gasteiger partial charge < -0.3 is 9.88 Å². The van der Waals surface area contributed by atoms with Crippen LogP contribution >= 0.6 is 0 Å². The van der Waals surface area contributed by atoms with Gasteiger partial charge in [0.25, 0.3) is 0 Å². The van der Waals surface area contributed by atoms with Crippen LogP contribution in [-0.2, 0) is 11.8 Å². The number of likely N-dealkylation sites (tertiary alicyclic amines) is 1. The minimum Gasteiger partial charge on any atom is -0.353 e. The van der Waals surface area contributed by atoms with Crippen molar-refractivity contribution in [3.63, 3.8) is 0 Å². The van der Waals surface area contributed by atoms with Gasteiger partial charge in [-0.25, -0.2) is 4.79 Å². The maximum Gasteiger partial charge on any atom is 0.325 e. The third-order valence-corrected chi connectivity index (χ3v) is 5.14. The number of aryl methyl sites for hydroxylation is 2. The van der Waals surface area contributed by atoms with E-state index in [0.29, 0.717) is 0 Å². The van der Waals surface area contributed by atoms with Gasteiger partial charge in [-0.15, -0.1) is 0 Å². The van der Waals surface area contributed by atoms with Gasteiger partial charge >= 0.3 is 6.03 Å². The third-order valence-electron chi connectivity index (χ3n) is 5.14. The highest BCUT2D eigenvalue weighted by molar-refractivity contribution is 6.02. The molecule has 0 saturated carbocycles. The lowest BCUT2D eigenvalue weighted by atomic mass is 10.1. The molecular formula is C20H26N4O2. The van der Waals surface area contributed by atoms with Crippen LogP contribution in [-0.4, -0.2) is 34.5 Å². The average molecular weight is 354 g/mol. The van der Waals surface area contributed by atoms with Crippen molar-refractivity contribution in [2.75, 3.05) is 18.4 Å². The highest BCUT2D eigenvalue weighted by Gasteiger charge is 2.29. The SMILES string of the molecule is Cc1cccc(NC(=O)NC(=O)CN2CCCC2c2cccn2C)c1C. The van der Waals surface area contributed by atoms with Crippen LogP contribution in [0.3, 0.4) is 0 Å². The fourth-order valence-corrected chi connectivity index (χ4v) is 3.56. The lowest BCUT2D eigenvalue weighted by Crippen LogP contribution is -2.41. The van der Waals surface area contributed by atoms with Crippen LogP contribution in [0.4, 0.5) is 10.5 Å². The molecule has 0 spiro atoms. The Morgan fingerprint density at radius 2 is 2.00 bits per heavy atom. The van der Waals surface area contributed by atoms with Gasteiger partial charge in [-0.3, -0.25) is 15.0 Å². The zero-order valence-electron chi connectivity index (χ0n) is 15.6. The van der Waals surface area contributed by atoms with Crippen molar-refractivity contribution < 1.29 is 9.59 Å². The predicted octanol–water partition coefficient (Wildman–Crippen LogP) is 3.13. The maximum atomic E-state index is 12.3. The highest BCUT2D eigenvalue weighted by atomic mass is 16.2. The van der Waals surface area contributed by atoms with Gasteiger partial charge in [0.05, 0.1) is 12.6 Å². The largest absolute Gasteiger partial charge is 0.353 e. The van der Waals surface area contributed by atoms with Gasteiger partial charge in [0.1, 0.15) is 0 Å². The normalized spacial score (nSPS) is 17.3. The molecule has 1 aromatic heterocycles. The Morgan fingerprint density at radius 1 is 1.19 bits per heavy atom. The molecule has 0 aliphatic carbocycles. The van der Waals surface area contributed by atoms with Crippen LogP contribution in [0.1, 0.15) is 35.7 Å². The van der Waals surface area contributed by atoms with Gasteiger partial charge in [-0.1, -0.05) is 12.1 Å². The molecule has 0 bridgehead atoms. The molecule has 1 unspecified atom stereocenters. The molecule has 0 radical (unpaired) electrons. The zero-order valence-corrected chi connectivity index (χ0v) is 15.6. The van der Waals surface area contributed by atoms with Crippen LogP contribution in [0.2, 0.25) is 0 Å². The fraction of sp³-hybridized carbons (Fsp3) is 0.400. The first-order chi connectivity index (χ1) is 12.5. The van der Waals surface area contributed by atoms with E-state index in [0.717, 1.165) is 36.2 Å². The summed E-state index contributed by atoms with van der Waals surface area (Å²) >= 11 is 0. The Hall–Kier alpha value is -2.60. The summed E-state index contributed by atoms with van der Waals surface area (Å²) in [6, 6.07) is 9.55. The molecule has 2 aromatic rings. The van der Waals surface area contributed by atoms with Gasteiger partial charge in [0.2, 0.25) is 5.91 Å². The summed E-state index contributed by atoms with van der Waals surface area (Å²) in [6.45, 7) is 5.01. The standard InChI is InChI=1S/C20H26N4O2/c1-14-7-4-8-16(15(14)2)21-20(26)22-19(25)13-24-12-6-10-18(24)17-9-5-11-23(17)3/h4-5,7-9,11,18H,6,10,12-13H2,1-3H3,(H2,21,22,25,26). The molecule has 2 N–H and O–H groups in total. The molecule has 1 aliphatic rings. The summed E-state index contributed by atoms with van der Waals surface area (Å²) in [5.74, 6) is -0.283. The van der Waals surface area contributed by atoms with E-state index < -0.39 is 6.03 Å². The number of carbonyl (C=O) groups excluding carboxylic acids is 2. The van der Waals surface area contributed by atoms with Gasteiger partial charge in [-0.2, -0.15) is 0 Å². The second-order valence-electron chi connectivity index (χ2n) is 6.92. The van der Waals surface area contributed by atoms with Crippen molar-refractivity contribution in [3.05, 3.63) is 53.3 Å². The Kier molecular flexibility index (Phi) is 5.42. The smallest absolute Gasteiger partial charge is 0.325 e. The summed E-state index contributed by atoms with van der Waals surface area (Å²) in [4.78, 5) is 26.6. The van der Waals surface area contributed by atoms with E-state index in [4.69, 9.17) is 0 Å². The van der Waals surface area contributed by atoms with Crippen LogP contribution < -0.4 is 10.6 Å². The molecule has 2 heterocycles. The van der Waals surface area contributed by atoms with Crippen molar-refractivity contribution in [1.82, 2.24) is 14.8 Å². The Labute approximate surface area is 154 Å². The maximum absolute atomic E-state index is 12.3. The minimum atomic E-state index is -0.488. The predicted molar refractivity (Wildman–Crippen MR) is 102 cm³/mol. The molecule has 1 saturated heterocycles. The quantitative estimate of drug-likeness (QED) is 0.886. The van der Waals surface area contributed by atoms with E-state index in [9.17, 15) is 9.59 Å². The highest BCUT2D eigenvalue weighted by Crippen LogP contribution is 2.31. The zero-order chi connectivity index (χ0) is 18.7. The molecule has 1 atom stereocenters. The number of carbonyl (C=O) groups is 2. The monoisotopic (exact) mass is 354 g/mol. The van der Waals surface area contributed by atoms with Gasteiger partial charge in [0, 0.05) is 24.6 Å². The molecule has 138 valence electrons. The van der Waals surface area contributed by atoms with Crippen molar-refractivity contribution in [2.45, 2.75) is 32.7 Å². The van der Waals surface area contributed by atoms with Gasteiger partial charge in [-0.05, 0) is 62.6 Å². The number of urea groups is 1. The van der Waals surface area contributed by atoms with E-state index in [1.165, 1.54) is 5.69 Å². The average Bonchev–Trinajstić information content (AvgIpc) is 3.20. The number of benzene rings is 1. The minimum absolute atomic E-state index is 0.218. The number of hydrogen-bond acceptors (Lipinski definition) is 3. The number of nitrogens with one attached hydrogen (secondary N) is 2. The summed E-state index contributed by atoms with van der Waals surface area (Å²) in [5, 5.41) is 5.21. The molecule has 6 heteroatoms. The molecule has 26 heavy (non-hydrogen) atoms. The summed E-state index contributed by atoms with van der Waals surface area (Å²) in [5.41, 5.74) is 4.02. The summed E-state index contributed by atoms with van der Waals surface area (Å²) in [6.07, 6.45) is 4.10. The molecular weight excluding hydrogens is 328 g/mol. The van der Waals surface area contributed by atoms with Crippen LogP contribution in [0, 0.1) is 13.8 Å². The molecule has 3 rings (SSSR count). The number of hydrogen-bond donors (Lipinski definition) is 2. The number of anilines is 1. The first-order valence-electron chi connectivity index (χ1n) is 8.98.